The maximum absolute atomic E-state index is 4.35. The summed E-state index contributed by atoms with van der Waals surface area (Å²) in [5, 5.41) is 3.47. The van der Waals surface area contributed by atoms with Crippen molar-refractivity contribution in [1.29, 1.82) is 0 Å². The monoisotopic (exact) mass is 335 g/mol. The first kappa shape index (κ1) is 15.3. The van der Waals surface area contributed by atoms with Gasteiger partial charge in [0.25, 0.3) is 0 Å². The highest BCUT2D eigenvalue weighted by Crippen LogP contribution is 2.22. The summed E-state index contributed by atoms with van der Waals surface area (Å²) in [6.45, 7) is 10.5. The Morgan fingerprint density at radius 3 is 2.60 bits per heavy atom. The predicted molar refractivity (Wildman–Crippen MR) is 87.3 cm³/mol. The van der Waals surface area contributed by atoms with E-state index in [-0.39, 0.29) is 0 Å². The molecule has 1 N–H and O–H groups in total. The average Bonchev–Trinajstić information content (AvgIpc) is 2.72. The van der Waals surface area contributed by atoms with Gasteiger partial charge in [-0.2, -0.15) is 0 Å². The van der Waals surface area contributed by atoms with E-state index in [1.54, 1.807) is 0 Å². The van der Waals surface area contributed by atoms with Crippen LogP contribution in [-0.4, -0.2) is 16.1 Å². The van der Waals surface area contributed by atoms with E-state index in [2.05, 4.69) is 69.8 Å². The van der Waals surface area contributed by atoms with E-state index in [0.717, 1.165) is 28.9 Å². The highest BCUT2D eigenvalue weighted by Gasteiger charge is 2.07. The van der Waals surface area contributed by atoms with Gasteiger partial charge in [-0.25, -0.2) is 4.98 Å². The lowest BCUT2D eigenvalue weighted by molar-refractivity contribution is 0.552. The minimum atomic E-state index is 0.671. The molecule has 0 bridgehead atoms. The van der Waals surface area contributed by atoms with Crippen molar-refractivity contribution in [3.8, 4) is 5.69 Å². The lowest BCUT2D eigenvalue weighted by atomic mass is 10.2. The van der Waals surface area contributed by atoms with E-state index >= 15 is 0 Å². The SMILES string of the molecule is Cc1ncn(-c2ccc(CNCC(C)C)c(Br)c2)c1C. The van der Waals surface area contributed by atoms with Crippen LogP contribution >= 0.6 is 15.9 Å². The Kier molecular flexibility index (Phi) is 5.00. The van der Waals surface area contributed by atoms with E-state index in [1.165, 1.54) is 11.3 Å². The third-order valence-electron chi connectivity index (χ3n) is 3.43. The molecule has 2 aromatic rings. The summed E-state index contributed by atoms with van der Waals surface area (Å²) in [6.07, 6.45) is 1.88. The molecule has 1 aromatic carbocycles. The number of nitrogens with zero attached hydrogens (tertiary/aromatic N) is 2. The summed E-state index contributed by atoms with van der Waals surface area (Å²) in [5.41, 5.74) is 4.68. The highest BCUT2D eigenvalue weighted by molar-refractivity contribution is 9.10. The van der Waals surface area contributed by atoms with Gasteiger partial charge in [0.2, 0.25) is 0 Å². The summed E-state index contributed by atoms with van der Waals surface area (Å²) in [5.74, 6) is 0.671. The number of hydrogen-bond donors (Lipinski definition) is 1. The molecule has 0 saturated heterocycles. The van der Waals surface area contributed by atoms with E-state index in [9.17, 15) is 0 Å². The van der Waals surface area contributed by atoms with Crippen LogP contribution in [0.3, 0.4) is 0 Å². The lowest BCUT2D eigenvalue weighted by Crippen LogP contribution is -2.19. The van der Waals surface area contributed by atoms with Crippen LogP contribution in [0.5, 0.6) is 0 Å². The van der Waals surface area contributed by atoms with Gasteiger partial charge in [-0.1, -0.05) is 35.8 Å². The van der Waals surface area contributed by atoms with Crippen LogP contribution in [0.25, 0.3) is 5.69 Å². The predicted octanol–water partition coefficient (Wildman–Crippen LogP) is 4.00. The zero-order valence-electron chi connectivity index (χ0n) is 12.6. The molecule has 0 aliphatic carbocycles. The Labute approximate surface area is 129 Å². The van der Waals surface area contributed by atoms with Crippen LogP contribution in [0.1, 0.15) is 30.8 Å². The first-order valence-electron chi connectivity index (χ1n) is 6.99. The fraction of sp³-hybridized carbons (Fsp3) is 0.438. The summed E-state index contributed by atoms with van der Waals surface area (Å²) in [6, 6.07) is 6.47. The molecule has 0 amide bonds. The fourth-order valence-electron chi connectivity index (χ4n) is 2.08. The lowest BCUT2D eigenvalue weighted by Gasteiger charge is -2.11. The first-order valence-corrected chi connectivity index (χ1v) is 7.78. The van der Waals surface area contributed by atoms with Crippen LogP contribution < -0.4 is 5.32 Å². The highest BCUT2D eigenvalue weighted by atomic mass is 79.9. The molecular weight excluding hydrogens is 314 g/mol. The maximum Gasteiger partial charge on any atom is 0.0997 e. The number of halogens is 1. The number of aromatic nitrogens is 2. The number of benzene rings is 1. The van der Waals surface area contributed by atoms with Crippen molar-refractivity contribution in [2.75, 3.05) is 6.54 Å². The van der Waals surface area contributed by atoms with Crippen LogP contribution in [-0.2, 0) is 6.54 Å². The van der Waals surface area contributed by atoms with Crippen molar-refractivity contribution in [3.63, 3.8) is 0 Å². The quantitative estimate of drug-likeness (QED) is 0.894. The summed E-state index contributed by atoms with van der Waals surface area (Å²) in [4.78, 5) is 4.35. The Hall–Kier alpha value is -1.13. The van der Waals surface area contributed by atoms with Crippen LogP contribution in [0, 0.1) is 19.8 Å². The van der Waals surface area contributed by atoms with Gasteiger partial charge in [-0.3, -0.25) is 0 Å². The molecule has 2 rings (SSSR count). The number of nitrogens with one attached hydrogen (secondary N) is 1. The second kappa shape index (κ2) is 6.55. The number of hydrogen-bond acceptors (Lipinski definition) is 2. The summed E-state index contributed by atoms with van der Waals surface area (Å²) >= 11 is 3.67. The Balaban J connectivity index is 2.15. The standard InChI is InChI=1S/C16H22BrN3/c1-11(2)8-18-9-14-5-6-15(7-16(14)17)20-10-19-12(3)13(20)4/h5-7,10-11,18H,8-9H2,1-4H3. The van der Waals surface area contributed by atoms with E-state index in [1.807, 2.05) is 13.3 Å². The molecule has 0 unspecified atom stereocenters. The Morgan fingerprint density at radius 2 is 2.05 bits per heavy atom. The zero-order chi connectivity index (χ0) is 14.7. The van der Waals surface area contributed by atoms with Crippen LogP contribution in [0.4, 0.5) is 0 Å². The average molecular weight is 336 g/mol. The van der Waals surface area contributed by atoms with Crippen molar-refractivity contribution in [1.82, 2.24) is 14.9 Å². The summed E-state index contributed by atoms with van der Waals surface area (Å²) < 4.78 is 3.25. The van der Waals surface area contributed by atoms with Crippen molar-refractivity contribution in [2.24, 2.45) is 5.92 Å². The largest absolute Gasteiger partial charge is 0.312 e. The van der Waals surface area contributed by atoms with Crippen LogP contribution in [0.2, 0.25) is 0 Å². The van der Waals surface area contributed by atoms with Gasteiger partial charge in [0, 0.05) is 22.4 Å². The first-order chi connectivity index (χ1) is 9.49. The fourth-order valence-corrected chi connectivity index (χ4v) is 2.59. The third-order valence-corrected chi connectivity index (χ3v) is 4.17. The molecule has 0 fully saturated rings. The van der Waals surface area contributed by atoms with E-state index in [0.29, 0.717) is 5.92 Å². The Morgan fingerprint density at radius 1 is 1.30 bits per heavy atom. The van der Waals surface area contributed by atoms with Gasteiger partial charge in [0.1, 0.15) is 0 Å². The minimum Gasteiger partial charge on any atom is -0.312 e. The second-order valence-electron chi connectivity index (χ2n) is 5.59. The van der Waals surface area contributed by atoms with E-state index in [4.69, 9.17) is 0 Å². The number of rotatable bonds is 5. The van der Waals surface area contributed by atoms with Crippen molar-refractivity contribution in [2.45, 2.75) is 34.2 Å². The van der Waals surface area contributed by atoms with E-state index < -0.39 is 0 Å². The number of imidazole rings is 1. The molecule has 0 radical (unpaired) electrons. The molecule has 0 atom stereocenters. The van der Waals surface area contributed by atoms with Gasteiger partial charge >= 0.3 is 0 Å². The molecule has 0 spiro atoms. The summed E-state index contributed by atoms with van der Waals surface area (Å²) in [7, 11) is 0. The second-order valence-corrected chi connectivity index (χ2v) is 6.44. The molecule has 1 heterocycles. The van der Waals surface area contributed by atoms with Gasteiger partial charge in [0.15, 0.2) is 0 Å². The number of aryl methyl sites for hydroxylation is 1. The Bertz CT molecular complexity index is 587. The molecule has 4 heteroatoms. The van der Waals surface area contributed by atoms with Crippen LogP contribution in [0.15, 0.2) is 29.0 Å². The van der Waals surface area contributed by atoms with Crippen molar-refractivity contribution < 1.29 is 0 Å². The molecule has 20 heavy (non-hydrogen) atoms. The van der Waals surface area contributed by atoms with Gasteiger partial charge in [-0.05, 0) is 44.0 Å². The smallest absolute Gasteiger partial charge is 0.0997 e. The molecule has 3 nitrogen and oxygen atoms in total. The maximum atomic E-state index is 4.35. The molecular formula is C16H22BrN3. The zero-order valence-corrected chi connectivity index (χ0v) is 14.2. The molecule has 0 aliphatic rings. The molecule has 1 aromatic heterocycles. The van der Waals surface area contributed by atoms with Crippen molar-refractivity contribution >= 4 is 15.9 Å². The normalized spacial score (nSPS) is 11.3. The van der Waals surface area contributed by atoms with Crippen molar-refractivity contribution in [3.05, 3.63) is 46.0 Å². The molecule has 0 saturated carbocycles. The molecule has 0 aliphatic heterocycles. The van der Waals surface area contributed by atoms with Gasteiger partial charge in [-0.15, -0.1) is 0 Å². The van der Waals surface area contributed by atoms with Gasteiger partial charge < -0.3 is 9.88 Å². The van der Waals surface area contributed by atoms with Gasteiger partial charge in [0.05, 0.1) is 12.0 Å². The minimum absolute atomic E-state index is 0.671. The molecule has 108 valence electrons. The third kappa shape index (κ3) is 3.49. The topological polar surface area (TPSA) is 29.9 Å².